The molecule has 4 amide bonds. The fourth-order valence-electron chi connectivity index (χ4n) is 3.39. The Bertz CT molecular complexity index is 679. The van der Waals surface area contributed by atoms with Crippen LogP contribution in [0, 0.1) is 5.92 Å². The van der Waals surface area contributed by atoms with Crippen LogP contribution < -0.4 is 32.7 Å². The van der Waals surface area contributed by atoms with Gasteiger partial charge in [-0.3, -0.25) is 19.2 Å². The molecule has 0 aromatic rings. The van der Waals surface area contributed by atoms with E-state index in [2.05, 4.69) is 21.3 Å². The van der Waals surface area contributed by atoms with Crippen LogP contribution in [0.3, 0.4) is 0 Å². The Morgan fingerprint density at radius 3 is 2.19 bits per heavy atom. The molecule has 0 saturated carbocycles. The summed E-state index contributed by atoms with van der Waals surface area (Å²) < 4.78 is 0. The van der Waals surface area contributed by atoms with Crippen molar-refractivity contribution >= 4 is 29.6 Å². The average molecular weight is 457 g/mol. The van der Waals surface area contributed by atoms with Gasteiger partial charge in [0.05, 0.1) is 12.5 Å². The number of amides is 4. The molecule has 1 aliphatic heterocycles. The highest BCUT2D eigenvalue weighted by Gasteiger charge is 2.32. The lowest BCUT2D eigenvalue weighted by Gasteiger charge is -2.27. The molecule has 4 atom stereocenters. The molecule has 12 nitrogen and oxygen atoms in total. The molecule has 0 bridgehead atoms. The van der Waals surface area contributed by atoms with Crippen molar-refractivity contribution in [1.29, 1.82) is 0 Å². The minimum Gasteiger partial charge on any atom is -0.480 e. The van der Waals surface area contributed by atoms with Crippen molar-refractivity contribution in [3.05, 3.63) is 0 Å². The lowest BCUT2D eigenvalue weighted by atomic mass is 10.0. The first-order valence-corrected chi connectivity index (χ1v) is 10.9. The third-order valence-electron chi connectivity index (χ3n) is 5.22. The molecule has 1 heterocycles. The lowest BCUT2D eigenvalue weighted by Crippen LogP contribution is -2.58. The summed E-state index contributed by atoms with van der Waals surface area (Å²) in [6, 6.07) is -3.82. The van der Waals surface area contributed by atoms with Crippen LogP contribution in [0.2, 0.25) is 0 Å². The second kappa shape index (κ2) is 13.6. The van der Waals surface area contributed by atoms with E-state index in [1.54, 1.807) is 13.8 Å². The van der Waals surface area contributed by atoms with Crippen LogP contribution in [0.15, 0.2) is 0 Å². The number of nitrogens with one attached hydrogen (secondary N) is 4. The van der Waals surface area contributed by atoms with Gasteiger partial charge in [-0.15, -0.1) is 0 Å². The maximum Gasteiger partial charge on any atom is 0.326 e. The van der Waals surface area contributed by atoms with Crippen molar-refractivity contribution in [2.24, 2.45) is 17.4 Å². The molecule has 0 radical (unpaired) electrons. The molecular formula is C20H36N6O6. The van der Waals surface area contributed by atoms with E-state index in [9.17, 15) is 29.1 Å². The van der Waals surface area contributed by atoms with Crippen LogP contribution >= 0.6 is 0 Å². The first-order valence-electron chi connectivity index (χ1n) is 10.9. The zero-order valence-electron chi connectivity index (χ0n) is 18.7. The van der Waals surface area contributed by atoms with E-state index in [1.165, 1.54) is 0 Å². The molecule has 4 unspecified atom stereocenters. The van der Waals surface area contributed by atoms with E-state index in [1.807, 2.05) is 0 Å². The van der Waals surface area contributed by atoms with Crippen molar-refractivity contribution in [1.82, 2.24) is 21.3 Å². The van der Waals surface area contributed by atoms with Crippen molar-refractivity contribution in [3.8, 4) is 0 Å². The van der Waals surface area contributed by atoms with E-state index >= 15 is 0 Å². The number of carbonyl (C=O) groups is 5. The number of hydrogen-bond donors (Lipinski definition) is 7. The average Bonchev–Trinajstić information content (AvgIpc) is 3.24. The number of primary amides is 1. The van der Waals surface area contributed by atoms with Crippen LogP contribution in [-0.4, -0.2) is 72.0 Å². The van der Waals surface area contributed by atoms with Gasteiger partial charge in [-0.25, -0.2) is 4.79 Å². The highest BCUT2D eigenvalue weighted by Crippen LogP contribution is 2.09. The predicted molar refractivity (Wildman–Crippen MR) is 116 cm³/mol. The fourth-order valence-corrected chi connectivity index (χ4v) is 3.39. The number of rotatable bonds is 14. The van der Waals surface area contributed by atoms with Gasteiger partial charge in [0.25, 0.3) is 0 Å². The van der Waals surface area contributed by atoms with Crippen LogP contribution in [0.1, 0.15) is 52.4 Å². The van der Waals surface area contributed by atoms with Crippen molar-refractivity contribution in [2.45, 2.75) is 76.5 Å². The smallest absolute Gasteiger partial charge is 0.326 e. The maximum atomic E-state index is 12.9. The van der Waals surface area contributed by atoms with Crippen LogP contribution in [-0.2, 0) is 24.0 Å². The minimum absolute atomic E-state index is 0.209. The van der Waals surface area contributed by atoms with Gasteiger partial charge in [-0.2, -0.15) is 0 Å². The van der Waals surface area contributed by atoms with Crippen LogP contribution in [0.4, 0.5) is 0 Å². The second-order valence-electron chi connectivity index (χ2n) is 8.29. The Balaban J connectivity index is 2.89. The van der Waals surface area contributed by atoms with E-state index in [4.69, 9.17) is 11.5 Å². The molecule has 0 aromatic carbocycles. The predicted octanol–water partition coefficient (Wildman–Crippen LogP) is -2.06. The van der Waals surface area contributed by atoms with E-state index in [-0.39, 0.29) is 24.3 Å². The third kappa shape index (κ3) is 9.18. The highest BCUT2D eigenvalue weighted by atomic mass is 16.4. The number of aliphatic carboxylic acids is 1. The van der Waals surface area contributed by atoms with Gasteiger partial charge < -0.3 is 37.8 Å². The second-order valence-corrected chi connectivity index (χ2v) is 8.29. The fraction of sp³-hybridized carbons (Fsp3) is 0.750. The topological polar surface area (TPSA) is 206 Å². The monoisotopic (exact) mass is 456 g/mol. The number of unbranched alkanes of at least 4 members (excludes halogenated alkanes) is 1. The molecule has 0 aromatic heterocycles. The SMILES string of the molecule is CC(C)C(NC(=O)C1CCCN1)C(=O)NC(CCCCN)C(=O)NC(CC(N)=O)C(=O)O. The Hall–Kier alpha value is -2.73. The molecule has 1 aliphatic rings. The van der Waals surface area contributed by atoms with Crippen LogP contribution in [0.25, 0.3) is 0 Å². The summed E-state index contributed by atoms with van der Waals surface area (Å²) in [5, 5.41) is 19.9. The Kier molecular flexibility index (Phi) is 11.6. The van der Waals surface area contributed by atoms with Gasteiger partial charge in [0.2, 0.25) is 23.6 Å². The minimum atomic E-state index is -1.51. The van der Waals surface area contributed by atoms with Gasteiger partial charge in [-0.05, 0) is 51.1 Å². The van der Waals surface area contributed by atoms with Gasteiger partial charge in [0.15, 0.2) is 0 Å². The highest BCUT2D eigenvalue weighted by molar-refractivity contribution is 5.95. The molecule has 1 fully saturated rings. The normalized spacial score (nSPS) is 18.4. The third-order valence-corrected chi connectivity index (χ3v) is 5.22. The summed E-state index contributed by atoms with van der Waals surface area (Å²) in [4.78, 5) is 60.6. The molecule has 1 rings (SSSR count). The van der Waals surface area contributed by atoms with Crippen molar-refractivity contribution in [2.75, 3.05) is 13.1 Å². The molecule has 9 N–H and O–H groups in total. The van der Waals surface area contributed by atoms with Gasteiger partial charge in [0.1, 0.15) is 18.1 Å². The van der Waals surface area contributed by atoms with Gasteiger partial charge in [0, 0.05) is 0 Å². The number of carbonyl (C=O) groups excluding carboxylic acids is 4. The van der Waals surface area contributed by atoms with E-state index < -0.39 is 48.2 Å². The van der Waals surface area contributed by atoms with Crippen LogP contribution in [0.5, 0.6) is 0 Å². The largest absolute Gasteiger partial charge is 0.480 e. The first kappa shape index (κ1) is 27.3. The zero-order valence-corrected chi connectivity index (χ0v) is 18.7. The zero-order chi connectivity index (χ0) is 24.3. The summed E-state index contributed by atoms with van der Waals surface area (Å²) in [7, 11) is 0. The van der Waals surface area contributed by atoms with E-state index in [0.29, 0.717) is 25.8 Å². The molecule has 1 saturated heterocycles. The Morgan fingerprint density at radius 2 is 1.69 bits per heavy atom. The molecule has 182 valence electrons. The number of nitrogens with two attached hydrogens (primary N) is 2. The molecular weight excluding hydrogens is 420 g/mol. The van der Waals surface area contributed by atoms with Crippen molar-refractivity contribution in [3.63, 3.8) is 0 Å². The lowest BCUT2D eigenvalue weighted by molar-refractivity contribution is -0.143. The first-order chi connectivity index (χ1) is 15.1. The number of carboxylic acids is 1. The standard InChI is InChI=1S/C20H36N6O6/c1-11(2)16(26-17(28)12-7-5-9-23-12)19(30)24-13(6-3-4-8-21)18(29)25-14(20(31)32)10-15(22)27/h11-14,16,23H,3-10,21H2,1-2H3,(H2,22,27)(H,24,30)(H,25,29)(H,26,28)(H,31,32). The van der Waals surface area contributed by atoms with Crippen molar-refractivity contribution < 1.29 is 29.1 Å². The van der Waals surface area contributed by atoms with E-state index in [0.717, 1.165) is 13.0 Å². The molecule has 0 aliphatic carbocycles. The Labute approximate surface area is 187 Å². The summed E-state index contributed by atoms with van der Waals surface area (Å²) in [5.41, 5.74) is 10.5. The number of carboxylic acid groups (broad SMARTS) is 1. The summed E-state index contributed by atoms with van der Waals surface area (Å²) in [5.74, 6) is -4.15. The molecule has 0 spiro atoms. The quantitative estimate of drug-likeness (QED) is 0.144. The summed E-state index contributed by atoms with van der Waals surface area (Å²) in [6.07, 6.45) is 2.28. The molecule has 12 heteroatoms. The number of hydrogen-bond acceptors (Lipinski definition) is 7. The maximum absolute atomic E-state index is 12.9. The molecule has 32 heavy (non-hydrogen) atoms. The summed E-state index contributed by atoms with van der Waals surface area (Å²) >= 11 is 0. The van der Waals surface area contributed by atoms with Gasteiger partial charge in [-0.1, -0.05) is 13.8 Å². The van der Waals surface area contributed by atoms with Gasteiger partial charge >= 0.3 is 5.97 Å². The summed E-state index contributed by atoms with van der Waals surface area (Å²) in [6.45, 7) is 4.66. The Morgan fingerprint density at radius 1 is 1.03 bits per heavy atom.